The number of nitrogen functional groups attached to an aromatic ring is 1. The van der Waals surface area contributed by atoms with E-state index >= 15 is 0 Å². The molecule has 1 aliphatic rings. The minimum absolute atomic E-state index is 0.0343. The number of nitrogens with zero attached hydrogens (tertiary/aromatic N) is 1. The molecule has 19 heavy (non-hydrogen) atoms. The Labute approximate surface area is 110 Å². The summed E-state index contributed by atoms with van der Waals surface area (Å²) in [6, 6.07) is 2.26. The second kappa shape index (κ2) is 5.52. The lowest BCUT2D eigenvalue weighted by atomic mass is 10.1. The van der Waals surface area contributed by atoms with E-state index in [0.717, 1.165) is 18.7 Å². The normalized spacial score (nSPS) is 14.7. The highest BCUT2D eigenvalue weighted by molar-refractivity contribution is 5.99. The fourth-order valence-electron chi connectivity index (χ4n) is 1.90. The molecule has 0 heterocycles. The number of likely N-dealkylation sites (N-methyl/N-ethyl adjacent to an activating group) is 1. The SMILES string of the molecule is CN(CCNC(=O)c1cc(F)c(F)cc1N)C1CC1. The Morgan fingerprint density at radius 1 is 1.42 bits per heavy atom. The molecule has 4 nitrogen and oxygen atoms in total. The van der Waals surface area contributed by atoms with Gasteiger partial charge in [-0.2, -0.15) is 0 Å². The first-order valence-corrected chi connectivity index (χ1v) is 6.22. The predicted molar refractivity (Wildman–Crippen MR) is 68.8 cm³/mol. The van der Waals surface area contributed by atoms with Gasteiger partial charge in [0.15, 0.2) is 11.6 Å². The molecule has 2 rings (SSSR count). The zero-order valence-corrected chi connectivity index (χ0v) is 10.7. The van der Waals surface area contributed by atoms with Crippen LogP contribution in [0.4, 0.5) is 14.5 Å². The van der Waals surface area contributed by atoms with Crippen molar-refractivity contribution in [3.05, 3.63) is 29.3 Å². The van der Waals surface area contributed by atoms with E-state index in [2.05, 4.69) is 10.2 Å². The smallest absolute Gasteiger partial charge is 0.253 e. The van der Waals surface area contributed by atoms with E-state index in [-0.39, 0.29) is 11.3 Å². The fraction of sp³-hybridized carbons (Fsp3) is 0.462. The number of carbonyl (C=O) groups is 1. The Morgan fingerprint density at radius 2 is 2.05 bits per heavy atom. The molecule has 1 aromatic carbocycles. The molecule has 104 valence electrons. The highest BCUT2D eigenvalue weighted by Crippen LogP contribution is 2.24. The van der Waals surface area contributed by atoms with E-state index in [4.69, 9.17) is 5.73 Å². The summed E-state index contributed by atoms with van der Waals surface area (Å²) in [6.45, 7) is 1.17. The number of anilines is 1. The van der Waals surface area contributed by atoms with Gasteiger partial charge in [0.2, 0.25) is 0 Å². The van der Waals surface area contributed by atoms with Gasteiger partial charge >= 0.3 is 0 Å². The van der Waals surface area contributed by atoms with Crippen molar-refractivity contribution in [1.82, 2.24) is 10.2 Å². The van der Waals surface area contributed by atoms with Gasteiger partial charge in [0, 0.05) is 30.9 Å². The van der Waals surface area contributed by atoms with E-state index < -0.39 is 17.5 Å². The van der Waals surface area contributed by atoms with Crippen LogP contribution in [0.3, 0.4) is 0 Å². The molecule has 3 N–H and O–H groups in total. The Hall–Kier alpha value is -1.69. The number of amides is 1. The van der Waals surface area contributed by atoms with Crippen LogP contribution in [0.2, 0.25) is 0 Å². The molecule has 1 saturated carbocycles. The molecule has 1 aromatic rings. The summed E-state index contributed by atoms with van der Waals surface area (Å²) in [5.74, 6) is -2.61. The van der Waals surface area contributed by atoms with Crippen LogP contribution in [-0.2, 0) is 0 Å². The quantitative estimate of drug-likeness (QED) is 0.794. The number of benzene rings is 1. The lowest BCUT2D eigenvalue weighted by Crippen LogP contribution is -2.34. The van der Waals surface area contributed by atoms with Gasteiger partial charge in [-0.1, -0.05) is 0 Å². The van der Waals surface area contributed by atoms with Gasteiger partial charge in [0.05, 0.1) is 5.56 Å². The maximum atomic E-state index is 13.1. The van der Waals surface area contributed by atoms with Crippen molar-refractivity contribution in [2.75, 3.05) is 25.9 Å². The second-order valence-electron chi connectivity index (χ2n) is 4.82. The minimum Gasteiger partial charge on any atom is -0.398 e. The summed E-state index contributed by atoms with van der Waals surface area (Å²) in [4.78, 5) is 14.0. The highest BCUT2D eigenvalue weighted by atomic mass is 19.2. The molecule has 0 spiro atoms. The molecule has 1 fully saturated rings. The van der Waals surface area contributed by atoms with Crippen LogP contribution in [0.25, 0.3) is 0 Å². The van der Waals surface area contributed by atoms with Crippen LogP contribution in [0.5, 0.6) is 0 Å². The minimum atomic E-state index is -1.07. The molecule has 0 bridgehead atoms. The van der Waals surface area contributed by atoms with Crippen molar-refractivity contribution in [1.29, 1.82) is 0 Å². The first-order chi connectivity index (χ1) is 8.99. The Kier molecular flexibility index (Phi) is 3.99. The van der Waals surface area contributed by atoms with Crippen LogP contribution in [-0.4, -0.2) is 37.0 Å². The van der Waals surface area contributed by atoms with Crippen LogP contribution in [0, 0.1) is 11.6 Å². The number of nitrogens with one attached hydrogen (secondary N) is 1. The van der Waals surface area contributed by atoms with Gasteiger partial charge in [0.1, 0.15) is 0 Å². The Bertz CT molecular complexity index is 489. The number of hydrogen-bond donors (Lipinski definition) is 2. The van der Waals surface area contributed by atoms with E-state index in [1.165, 1.54) is 12.8 Å². The van der Waals surface area contributed by atoms with Crippen LogP contribution >= 0.6 is 0 Å². The van der Waals surface area contributed by atoms with Crippen molar-refractivity contribution >= 4 is 11.6 Å². The zero-order valence-electron chi connectivity index (χ0n) is 10.7. The maximum absolute atomic E-state index is 13.1. The molecule has 0 saturated heterocycles. The average molecular weight is 269 g/mol. The summed E-state index contributed by atoms with van der Waals surface area (Å²) < 4.78 is 25.9. The summed E-state index contributed by atoms with van der Waals surface area (Å²) in [5.41, 5.74) is 5.41. The van der Waals surface area contributed by atoms with E-state index in [9.17, 15) is 13.6 Å². The van der Waals surface area contributed by atoms with Crippen molar-refractivity contribution < 1.29 is 13.6 Å². The molecule has 0 aliphatic heterocycles. The molecule has 0 unspecified atom stereocenters. The number of carbonyl (C=O) groups excluding carboxylic acids is 1. The summed E-state index contributed by atoms with van der Waals surface area (Å²) >= 11 is 0. The summed E-state index contributed by atoms with van der Waals surface area (Å²) in [5, 5.41) is 2.65. The fourth-order valence-corrected chi connectivity index (χ4v) is 1.90. The third-order valence-electron chi connectivity index (χ3n) is 3.26. The van der Waals surface area contributed by atoms with Gasteiger partial charge in [-0.15, -0.1) is 0 Å². The van der Waals surface area contributed by atoms with Gasteiger partial charge in [-0.3, -0.25) is 4.79 Å². The van der Waals surface area contributed by atoms with E-state index in [1.807, 2.05) is 7.05 Å². The third kappa shape index (κ3) is 3.41. The number of hydrogen-bond acceptors (Lipinski definition) is 3. The summed E-state index contributed by atoms with van der Waals surface area (Å²) in [7, 11) is 2.00. The average Bonchev–Trinajstić information content (AvgIpc) is 3.17. The van der Waals surface area contributed by atoms with Crippen LogP contribution < -0.4 is 11.1 Å². The zero-order chi connectivity index (χ0) is 14.0. The van der Waals surface area contributed by atoms with Gasteiger partial charge in [-0.25, -0.2) is 8.78 Å². The molecule has 0 aromatic heterocycles. The van der Waals surface area contributed by atoms with Crippen molar-refractivity contribution in [2.24, 2.45) is 0 Å². The third-order valence-corrected chi connectivity index (χ3v) is 3.26. The lowest BCUT2D eigenvalue weighted by Gasteiger charge is -2.16. The number of rotatable bonds is 5. The van der Waals surface area contributed by atoms with Gasteiger partial charge in [0.25, 0.3) is 5.91 Å². The van der Waals surface area contributed by atoms with Crippen LogP contribution in [0.1, 0.15) is 23.2 Å². The standard InChI is InChI=1S/C13H17F2N3O/c1-18(8-2-3-8)5-4-17-13(19)9-6-10(14)11(15)7-12(9)16/h6-8H,2-5,16H2,1H3,(H,17,19). The van der Waals surface area contributed by atoms with E-state index in [1.54, 1.807) is 0 Å². The largest absolute Gasteiger partial charge is 0.398 e. The number of nitrogens with two attached hydrogens (primary N) is 1. The Balaban J connectivity index is 1.90. The Morgan fingerprint density at radius 3 is 2.68 bits per heavy atom. The first kappa shape index (κ1) is 13.7. The monoisotopic (exact) mass is 269 g/mol. The van der Waals surface area contributed by atoms with Crippen molar-refractivity contribution in [3.8, 4) is 0 Å². The van der Waals surface area contributed by atoms with Gasteiger partial charge < -0.3 is 16.0 Å². The van der Waals surface area contributed by atoms with E-state index in [0.29, 0.717) is 12.6 Å². The highest BCUT2D eigenvalue weighted by Gasteiger charge is 2.25. The second-order valence-corrected chi connectivity index (χ2v) is 4.82. The molecule has 6 heteroatoms. The molecular formula is C13H17F2N3O. The first-order valence-electron chi connectivity index (χ1n) is 6.22. The number of halogens is 2. The molecular weight excluding hydrogens is 252 g/mol. The maximum Gasteiger partial charge on any atom is 0.253 e. The van der Waals surface area contributed by atoms with Crippen molar-refractivity contribution in [3.63, 3.8) is 0 Å². The van der Waals surface area contributed by atoms with Crippen LogP contribution in [0.15, 0.2) is 12.1 Å². The molecule has 0 radical (unpaired) electrons. The molecule has 1 aliphatic carbocycles. The topological polar surface area (TPSA) is 58.4 Å². The molecule has 1 amide bonds. The summed E-state index contributed by atoms with van der Waals surface area (Å²) in [6.07, 6.45) is 2.39. The lowest BCUT2D eigenvalue weighted by molar-refractivity contribution is 0.0950. The van der Waals surface area contributed by atoms with Crippen molar-refractivity contribution in [2.45, 2.75) is 18.9 Å². The molecule has 0 atom stereocenters. The van der Waals surface area contributed by atoms with Gasteiger partial charge in [-0.05, 0) is 26.0 Å². The predicted octanol–water partition coefficient (Wildman–Crippen LogP) is 1.37.